The predicted molar refractivity (Wildman–Crippen MR) is 122 cm³/mol. The Labute approximate surface area is 181 Å². The van der Waals surface area contributed by atoms with Crippen molar-refractivity contribution in [2.45, 2.75) is 132 Å². The molecule has 0 fully saturated rings. The van der Waals surface area contributed by atoms with Crippen LogP contribution in [0.15, 0.2) is 0 Å². The zero-order chi connectivity index (χ0) is 23.1. The molecule has 0 aliphatic carbocycles. The Bertz CT molecular complexity index is 495. The summed E-state index contributed by atoms with van der Waals surface area (Å²) in [6.07, 6.45) is 4.79. The second-order valence-corrected chi connectivity index (χ2v) is 10.9. The third-order valence-electron chi connectivity index (χ3n) is 6.96. The predicted octanol–water partition coefficient (Wildman–Crippen LogP) is 6.53. The molecule has 0 heterocycles. The number of hydrogen-bond donors (Lipinski definition) is 1. The van der Waals surface area contributed by atoms with Gasteiger partial charge in [-0.3, -0.25) is 4.79 Å². The van der Waals surface area contributed by atoms with Crippen LogP contribution in [-0.4, -0.2) is 35.0 Å². The van der Waals surface area contributed by atoms with Crippen LogP contribution in [0.3, 0.4) is 0 Å². The SMILES string of the molecule is CCC(CC(C)(O)CC)OC(C)(CC)C(C)COC(=O)C(C)(C)CC(C)(C)CC. The Morgan fingerprint density at radius 2 is 1.48 bits per heavy atom. The Balaban J connectivity index is 5.04. The molecule has 1 N–H and O–H groups in total. The third kappa shape index (κ3) is 9.38. The zero-order valence-electron chi connectivity index (χ0n) is 21.3. The minimum Gasteiger partial charge on any atom is -0.465 e. The van der Waals surface area contributed by atoms with Crippen molar-refractivity contribution in [2.75, 3.05) is 6.61 Å². The largest absolute Gasteiger partial charge is 0.465 e. The lowest BCUT2D eigenvalue weighted by atomic mass is 9.74. The van der Waals surface area contributed by atoms with E-state index >= 15 is 0 Å². The monoisotopic (exact) mass is 414 g/mol. The lowest BCUT2D eigenvalue weighted by Crippen LogP contribution is -2.44. The maximum absolute atomic E-state index is 12.8. The first-order valence-corrected chi connectivity index (χ1v) is 11.7. The van der Waals surface area contributed by atoms with Gasteiger partial charge in [-0.1, -0.05) is 54.9 Å². The average Bonchev–Trinajstić information content (AvgIpc) is 2.63. The molecule has 29 heavy (non-hydrogen) atoms. The Kier molecular flexibility index (Phi) is 10.9. The van der Waals surface area contributed by atoms with Crippen molar-refractivity contribution in [3.8, 4) is 0 Å². The second kappa shape index (κ2) is 11.1. The molecule has 0 saturated carbocycles. The fraction of sp³-hybridized carbons (Fsp3) is 0.960. The summed E-state index contributed by atoms with van der Waals surface area (Å²) >= 11 is 0. The van der Waals surface area contributed by atoms with E-state index in [0.717, 1.165) is 25.7 Å². The van der Waals surface area contributed by atoms with Gasteiger partial charge in [0, 0.05) is 12.3 Å². The van der Waals surface area contributed by atoms with E-state index < -0.39 is 16.6 Å². The molecule has 0 amide bonds. The highest BCUT2D eigenvalue weighted by molar-refractivity contribution is 5.76. The molecule has 0 aliphatic heterocycles. The summed E-state index contributed by atoms with van der Waals surface area (Å²) in [6, 6.07) is 0. The van der Waals surface area contributed by atoms with Crippen LogP contribution >= 0.6 is 0 Å². The first-order valence-electron chi connectivity index (χ1n) is 11.7. The highest BCUT2D eigenvalue weighted by Crippen LogP contribution is 2.37. The molecule has 4 nitrogen and oxygen atoms in total. The van der Waals surface area contributed by atoms with Crippen molar-refractivity contribution in [3.05, 3.63) is 0 Å². The van der Waals surface area contributed by atoms with E-state index in [2.05, 4.69) is 48.5 Å². The van der Waals surface area contributed by atoms with Crippen LogP contribution in [0.25, 0.3) is 0 Å². The molecule has 4 atom stereocenters. The number of carbonyl (C=O) groups excluding carboxylic acids is 1. The Morgan fingerprint density at radius 1 is 0.931 bits per heavy atom. The molecular weight excluding hydrogens is 364 g/mol. The summed E-state index contributed by atoms with van der Waals surface area (Å²) in [5, 5.41) is 10.5. The quantitative estimate of drug-likeness (QED) is 0.328. The third-order valence-corrected chi connectivity index (χ3v) is 6.96. The summed E-state index contributed by atoms with van der Waals surface area (Å²) in [7, 11) is 0. The van der Waals surface area contributed by atoms with Crippen molar-refractivity contribution in [3.63, 3.8) is 0 Å². The summed E-state index contributed by atoms with van der Waals surface area (Å²) in [4.78, 5) is 12.8. The van der Waals surface area contributed by atoms with E-state index in [0.29, 0.717) is 19.4 Å². The number of hydrogen-bond acceptors (Lipinski definition) is 4. The number of carbonyl (C=O) groups is 1. The molecule has 0 rings (SSSR count). The minimum absolute atomic E-state index is 0.0187. The lowest BCUT2D eigenvalue weighted by molar-refractivity contribution is -0.168. The van der Waals surface area contributed by atoms with Gasteiger partial charge in [0.15, 0.2) is 0 Å². The first kappa shape index (κ1) is 28.4. The molecule has 0 saturated heterocycles. The molecule has 0 radical (unpaired) electrons. The van der Waals surface area contributed by atoms with Gasteiger partial charge in [0.2, 0.25) is 0 Å². The van der Waals surface area contributed by atoms with E-state index in [-0.39, 0.29) is 23.4 Å². The number of rotatable bonds is 14. The zero-order valence-corrected chi connectivity index (χ0v) is 21.3. The molecule has 4 heteroatoms. The van der Waals surface area contributed by atoms with Gasteiger partial charge >= 0.3 is 5.97 Å². The molecule has 4 unspecified atom stereocenters. The number of esters is 1. The van der Waals surface area contributed by atoms with Crippen LogP contribution < -0.4 is 0 Å². The van der Waals surface area contributed by atoms with E-state index in [4.69, 9.17) is 9.47 Å². The van der Waals surface area contributed by atoms with Crippen molar-refractivity contribution < 1.29 is 19.4 Å². The van der Waals surface area contributed by atoms with Gasteiger partial charge in [-0.25, -0.2) is 0 Å². The number of ether oxygens (including phenoxy) is 2. The van der Waals surface area contributed by atoms with Crippen LogP contribution in [0.2, 0.25) is 0 Å². The van der Waals surface area contributed by atoms with Gasteiger partial charge in [0.1, 0.15) is 0 Å². The standard InChI is InChI=1S/C25H50O4/c1-12-20(16-24(10,27)14-3)29-25(11,15-4)19(5)17-28-21(26)23(8,9)18-22(6,7)13-2/h19-20,27H,12-18H2,1-11H3. The van der Waals surface area contributed by atoms with Crippen molar-refractivity contribution in [1.29, 1.82) is 0 Å². The molecule has 174 valence electrons. The Hall–Kier alpha value is -0.610. The summed E-state index contributed by atoms with van der Waals surface area (Å²) in [5.74, 6) is -0.0719. The van der Waals surface area contributed by atoms with Crippen molar-refractivity contribution in [1.82, 2.24) is 0 Å². The average molecular weight is 415 g/mol. The van der Waals surface area contributed by atoms with Gasteiger partial charge in [-0.05, 0) is 58.8 Å². The second-order valence-electron chi connectivity index (χ2n) is 10.9. The smallest absolute Gasteiger partial charge is 0.311 e. The van der Waals surface area contributed by atoms with Gasteiger partial charge in [0.05, 0.1) is 29.3 Å². The first-order chi connectivity index (χ1) is 13.1. The highest BCUT2D eigenvalue weighted by Gasteiger charge is 2.38. The topological polar surface area (TPSA) is 55.8 Å². The van der Waals surface area contributed by atoms with Gasteiger partial charge in [-0.2, -0.15) is 0 Å². The molecule has 0 aromatic carbocycles. The number of aliphatic hydroxyl groups is 1. The molecular formula is C25H50O4. The van der Waals surface area contributed by atoms with Gasteiger partial charge in [-0.15, -0.1) is 0 Å². The molecule has 0 spiro atoms. The van der Waals surface area contributed by atoms with Gasteiger partial charge in [0.25, 0.3) is 0 Å². The fourth-order valence-corrected chi connectivity index (χ4v) is 3.80. The van der Waals surface area contributed by atoms with Gasteiger partial charge < -0.3 is 14.6 Å². The summed E-state index contributed by atoms with van der Waals surface area (Å²) in [5.41, 5.74) is -1.52. The van der Waals surface area contributed by atoms with Crippen LogP contribution in [0, 0.1) is 16.7 Å². The van der Waals surface area contributed by atoms with E-state index in [1.165, 1.54) is 0 Å². The van der Waals surface area contributed by atoms with E-state index in [1.54, 1.807) is 0 Å². The summed E-state index contributed by atoms with van der Waals surface area (Å²) in [6.45, 7) is 23.1. The van der Waals surface area contributed by atoms with Crippen LogP contribution in [-0.2, 0) is 14.3 Å². The summed E-state index contributed by atoms with van der Waals surface area (Å²) < 4.78 is 12.3. The van der Waals surface area contributed by atoms with Crippen molar-refractivity contribution in [2.24, 2.45) is 16.7 Å². The van der Waals surface area contributed by atoms with Crippen molar-refractivity contribution >= 4 is 5.97 Å². The fourth-order valence-electron chi connectivity index (χ4n) is 3.80. The van der Waals surface area contributed by atoms with Crippen LogP contribution in [0.5, 0.6) is 0 Å². The van der Waals surface area contributed by atoms with Crippen LogP contribution in [0.1, 0.15) is 115 Å². The lowest BCUT2D eigenvalue weighted by Gasteiger charge is -2.40. The molecule has 0 aromatic heterocycles. The minimum atomic E-state index is -0.721. The normalized spacial score (nSPS) is 19.2. The van der Waals surface area contributed by atoms with E-state index in [1.807, 2.05) is 27.7 Å². The maximum Gasteiger partial charge on any atom is 0.311 e. The molecule has 0 bridgehead atoms. The Morgan fingerprint density at radius 3 is 1.90 bits per heavy atom. The van der Waals surface area contributed by atoms with E-state index in [9.17, 15) is 9.90 Å². The molecule has 0 aromatic rings. The van der Waals surface area contributed by atoms with Crippen LogP contribution in [0.4, 0.5) is 0 Å². The molecule has 0 aliphatic rings. The highest BCUT2D eigenvalue weighted by atomic mass is 16.5. The maximum atomic E-state index is 12.8.